The number of amides is 1. The van der Waals surface area contributed by atoms with Gasteiger partial charge in [-0.3, -0.25) is 9.48 Å². The van der Waals surface area contributed by atoms with Crippen LogP contribution in [0.5, 0.6) is 0 Å². The number of carbonyl (C=O) groups is 1. The molecule has 3 N–H and O–H groups in total. The molecule has 1 aromatic heterocycles. The first kappa shape index (κ1) is 16.0. The van der Waals surface area contributed by atoms with Crippen molar-refractivity contribution in [1.82, 2.24) is 15.1 Å². The second-order valence-corrected chi connectivity index (χ2v) is 6.65. The zero-order valence-electron chi connectivity index (χ0n) is 13.6. The number of nitrogens with zero attached hydrogens (tertiary/aromatic N) is 2. The summed E-state index contributed by atoms with van der Waals surface area (Å²) in [4.78, 5) is 12.2. The van der Waals surface area contributed by atoms with Crippen molar-refractivity contribution in [3.05, 3.63) is 17.0 Å². The number of nitrogens with two attached hydrogens (primary N) is 1. The van der Waals surface area contributed by atoms with Crippen LogP contribution in [-0.2, 0) is 17.8 Å². The Morgan fingerprint density at radius 1 is 1.43 bits per heavy atom. The molecule has 0 bridgehead atoms. The Morgan fingerprint density at radius 3 is 2.62 bits per heavy atom. The molecule has 1 saturated carbocycles. The summed E-state index contributed by atoms with van der Waals surface area (Å²) >= 11 is 0. The summed E-state index contributed by atoms with van der Waals surface area (Å²) < 4.78 is 2.02. The molecule has 0 spiro atoms. The molecule has 1 fully saturated rings. The highest BCUT2D eigenvalue weighted by atomic mass is 16.1. The van der Waals surface area contributed by atoms with Gasteiger partial charge in [-0.1, -0.05) is 13.8 Å². The Labute approximate surface area is 127 Å². The van der Waals surface area contributed by atoms with Gasteiger partial charge >= 0.3 is 0 Å². The number of rotatable bonds is 7. The highest BCUT2D eigenvalue weighted by Gasteiger charge is 2.31. The van der Waals surface area contributed by atoms with Crippen molar-refractivity contribution in [2.24, 2.45) is 17.6 Å². The summed E-state index contributed by atoms with van der Waals surface area (Å²) in [6, 6.07) is 0.142. The molecule has 1 aromatic rings. The van der Waals surface area contributed by atoms with Crippen molar-refractivity contribution in [2.75, 3.05) is 6.54 Å². The molecule has 1 unspecified atom stereocenters. The summed E-state index contributed by atoms with van der Waals surface area (Å²) in [6.07, 6.45) is 2.78. The molecule has 5 heteroatoms. The number of nitrogens with one attached hydrogen (secondary N) is 1. The van der Waals surface area contributed by atoms with E-state index in [1.807, 2.05) is 18.5 Å². The highest BCUT2D eigenvalue weighted by Crippen LogP contribution is 2.32. The van der Waals surface area contributed by atoms with Gasteiger partial charge in [-0.25, -0.2) is 0 Å². The number of hydrogen-bond donors (Lipinski definition) is 2. The maximum Gasteiger partial charge on any atom is 0.224 e. The summed E-state index contributed by atoms with van der Waals surface area (Å²) in [5.74, 6) is 1.19. The Kier molecular flexibility index (Phi) is 5.04. The topological polar surface area (TPSA) is 72.9 Å². The van der Waals surface area contributed by atoms with Crippen LogP contribution in [0.25, 0.3) is 0 Å². The van der Waals surface area contributed by atoms with Gasteiger partial charge in [0, 0.05) is 30.4 Å². The predicted octanol–water partition coefficient (Wildman–Crippen LogP) is 1.55. The van der Waals surface area contributed by atoms with E-state index in [2.05, 4.69) is 24.3 Å². The molecule has 1 amide bonds. The molecule has 1 heterocycles. The zero-order valence-corrected chi connectivity index (χ0v) is 13.6. The Hall–Kier alpha value is -1.36. The predicted molar refractivity (Wildman–Crippen MR) is 84.0 cm³/mol. The third-order valence-electron chi connectivity index (χ3n) is 4.20. The van der Waals surface area contributed by atoms with Crippen LogP contribution in [-0.4, -0.2) is 28.3 Å². The average Bonchev–Trinajstić information content (AvgIpc) is 3.20. The molecule has 5 nitrogen and oxygen atoms in total. The second kappa shape index (κ2) is 6.60. The standard InChI is InChI=1S/C16H28N4O/c1-10(2)9-20-12(4)14(11(3)19-20)7-16(21)18-15(8-17)13-5-6-13/h10,13,15H,5-9,17H2,1-4H3,(H,18,21). The molecule has 1 aliphatic rings. The Morgan fingerprint density at radius 2 is 2.10 bits per heavy atom. The normalized spacial score (nSPS) is 16.3. The molecule has 0 aromatic carbocycles. The molecule has 0 radical (unpaired) electrons. The van der Waals surface area contributed by atoms with E-state index in [-0.39, 0.29) is 11.9 Å². The van der Waals surface area contributed by atoms with E-state index < -0.39 is 0 Å². The SMILES string of the molecule is Cc1nn(CC(C)C)c(C)c1CC(=O)NC(CN)C1CC1. The molecule has 1 aliphatic carbocycles. The van der Waals surface area contributed by atoms with E-state index in [4.69, 9.17) is 5.73 Å². The van der Waals surface area contributed by atoms with Crippen molar-refractivity contribution < 1.29 is 4.79 Å². The highest BCUT2D eigenvalue weighted by molar-refractivity contribution is 5.79. The van der Waals surface area contributed by atoms with Gasteiger partial charge < -0.3 is 11.1 Å². The number of aryl methyl sites for hydroxylation is 1. The number of hydrogen-bond acceptors (Lipinski definition) is 3. The fraction of sp³-hybridized carbons (Fsp3) is 0.750. The minimum absolute atomic E-state index is 0.0626. The summed E-state index contributed by atoms with van der Waals surface area (Å²) in [6.45, 7) is 9.79. The van der Waals surface area contributed by atoms with Gasteiger partial charge in [0.25, 0.3) is 0 Å². The van der Waals surface area contributed by atoms with Crippen molar-refractivity contribution >= 4 is 5.91 Å². The fourth-order valence-electron chi connectivity index (χ4n) is 2.80. The van der Waals surface area contributed by atoms with E-state index in [1.54, 1.807) is 0 Å². The molecule has 0 aliphatic heterocycles. The summed E-state index contributed by atoms with van der Waals surface area (Å²) in [5, 5.41) is 7.64. The van der Waals surface area contributed by atoms with Crippen LogP contribution in [0.2, 0.25) is 0 Å². The maximum absolute atomic E-state index is 12.2. The van der Waals surface area contributed by atoms with Crippen molar-refractivity contribution in [3.63, 3.8) is 0 Å². The second-order valence-electron chi connectivity index (χ2n) is 6.65. The van der Waals surface area contributed by atoms with E-state index in [9.17, 15) is 4.79 Å². The monoisotopic (exact) mass is 292 g/mol. The molecular weight excluding hydrogens is 264 g/mol. The van der Waals surface area contributed by atoms with E-state index >= 15 is 0 Å². The Balaban J connectivity index is 2.01. The molecule has 118 valence electrons. The molecule has 2 rings (SSSR count). The van der Waals surface area contributed by atoms with Crippen LogP contribution in [0, 0.1) is 25.7 Å². The van der Waals surface area contributed by atoms with Crippen LogP contribution >= 0.6 is 0 Å². The molecule has 0 saturated heterocycles. The van der Waals surface area contributed by atoms with E-state index in [1.165, 1.54) is 12.8 Å². The quantitative estimate of drug-likeness (QED) is 0.801. The van der Waals surface area contributed by atoms with Gasteiger partial charge in [-0.2, -0.15) is 5.10 Å². The maximum atomic E-state index is 12.2. The largest absolute Gasteiger partial charge is 0.352 e. The fourth-order valence-corrected chi connectivity index (χ4v) is 2.80. The lowest BCUT2D eigenvalue weighted by Crippen LogP contribution is -2.42. The summed E-state index contributed by atoms with van der Waals surface area (Å²) in [5.41, 5.74) is 8.86. The van der Waals surface area contributed by atoms with Gasteiger partial charge in [0.05, 0.1) is 12.1 Å². The number of aromatic nitrogens is 2. The average molecular weight is 292 g/mol. The van der Waals surface area contributed by atoms with Crippen LogP contribution < -0.4 is 11.1 Å². The van der Waals surface area contributed by atoms with Crippen molar-refractivity contribution in [2.45, 2.75) is 59.5 Å². The van der Waals surface area contributed by atoms with Crippen LogP contribution in [0.3, 0.4) is 0 Å². The molecule has 21 heavy (non-hydrogen) atoms. The van der Waals surface area contributed by atoms with Gasteiger partial charge in [0.1, 0.15) is 0 Å². The van der Waals surface area contributed by atoms with Crippen LogP contribution in [0.4, 0.5) is 0 Å². The van der Waals surface area contributed by atoms with Gasteiger partial charge in [-0.05, 0) is 38.5 Å². The van der Waals surface area contributed by atoms with Crippen LogP contribution in [0.1, 0.15) is 43.6 Å². The zero-order chi connectivity index (χ0) is 15.6. The number of carbonyl (C=O) groups excluding carboxylic acids is 1. The summed E-state index contributed by atoms with van der Waals surface area (Å²) in [7, 11) is 0. The minimum atomic E-state index is 0.0626. The lowest BCUT2D eigenvalue weighted by Gasteiger charge is -2.16. The van der Waals surface area contributed by atoms with Crippen molar-refractivity contribution in [1.29, 1.82) is 0 Å². The van der Waals surface area contributed by atoms with E-state index in [0.717, 1.165) is 23.5 Å². The smallest absolute Gasteiger partial charge is 0.224 e. The first-order valence-electron chi connectivity index (χ1n) is 7.94. The lowest BCUT2D eigenvalue weighted by atomic mass is 10.1. The lowest BCUT2D eigenvalue weighted by molar-refractivity contribution is -0.121. The third-order valence-corrected chi connectivity index (χ3v) is 4.20. The van der Waals surface area contributed by atoms with Gasteiger partial charge in [0.2, 0.25) is 5.91 Å². The first-order valence-corrected chi connectivity index (χ1v) is 7.94. The minimum Gasteiger partial charge on any atom is -0.352 e. The third kappa shape index (κ3) is 4.06. The van der Waals surface area contributed by atoms with Crippen LogP contribution in [0.15, 0.2) is 0 Å². The van der Waals surface area contributed by atoms with Gasteiger partial charge in [0.15, 0.2) is 0 Å². The first-order chi connectivity index (χ1) is 9.92. The van der Waals surface area contributed by atoms with Crippen molar-refractivity contribution in [3.8, 4) is 0 Å². The van der Waals surface area contributed by atoms with E-state index in [0.29, 0.717) is 24.8 Å². The Bertz CT molecular complexity index is 503. The molecule has 1 atom stereocenters. The van der Waals surface area contributed by atoms with Gasteiger partial charge in [-0.15, -0.1) is 0 Å². The molecular formula is C16H28N4O.